The number of ketones is 1. The van der Waals surface area contributed by atoms with Crippen LogP contribution in [0.15, 0.2) is 35.4 Å². The molecule has 7 rings (SSSR count). The van der Waals surface area contributed by atoms with Gasteiger partial charge in [0.15, 0.2) is 5.78 Å². The average Bonchev–Trinajstić information content (AvgIpc) is 3.58. The molecule has 0 saturated heterocycles. The molecule has 0 heterocycles. The van der Waals surface area contributed by atoms with Gasteiger partial charge in [-0.1, -0.05) is 70.8 Å². The summed E-state index contributed by atoms with van der Waals surface area (Å²) in [4.78, 5) is 38.9. The molecule has 3 N–H and O–H groups in total. The Morgan fingerprint density at radius 1 is 0.981 bits per heavy atom. The summed E-state index contributed by atoms with van der Waals surface area (Å²) in [6.45, 7) is 18.5. The van der Waals surface area contributed by atoms with Crippen molar-refractivity contribution >= 4 is 29.3 Å². The Bertz CT molecular complexity index is 1700. The van der Waals surface area contributed by atoms with Crippen molar-refractivity contribution in [2.75, 3.05) is 6.54 Å². The number of rotatable bonds is 10. The third-order valence-electron chi connectivity index (χ3n) is 17.0. The molecule has 0 amide bonds. The van der Waals surface area contributed by atoms with E-state index in [1.165, 1.54) is 5.57 Å². The quantitative estimate of drug-likeness (QED) is 0.206. The zero-order chi connectivity index (χ0) is 37.9. The number of Topliss-reactive ketones (excluding diaryl/α,β-unsaturated/α-hetero) is 1. The Labute approximate surface area is 316 Å². The zero-order valence-electron chi connectivity index (χ0n) is 32.8. The molecule has 1 aromatic carbocycles. The number of carboxylic acid groups (broad SMARTS) is 1. The lowest BCUT2D eigenvalue weighted by atomic mass is 9.33. The van der Waals surface area contributed by atoms with Crippen LogP contribution in [0.3, 0.4) is 0 Å². The van der Waals surface area contributed by atoms with Gasteiger partial charge in [-0.3, -0.25) is 14.4 Å². The number of esters is 1. The first-order chi connectivity index (χ1) is 24.2. The molecule has 0 aliphatic heterocycles. The smallest absolute Gasteiger partial charge is 0.309 e. The van der Waals surface area contributed by atoms with Crippen LogP contribution in [0.25, 0.3) is 0 Å². The van der Waals surface area contributed by atoms with E-state index < -0.39 is 28.9 Å². The molecule has 7 nitrogen and oxygen atoms in total. The minimum Gasteiger partial charge on any atom is -0.481 e. The number of allylic oxidation sites excluding steroid dienone is 1. The highest BCUT2D eigenvalue weighted by atomic mass is 35.5. The predicted molar refractivity (Wildman–Crippen MR) is 202 cm³/mol. The molecule has 1 spiro atoms. The van der Waals surface area contributed by atoms with Crippen molar-refractivity contribution in [3.8, 4) is 0 Å². The third-order valence-corrected chi connectivity index (χ3v) is 17.3. The van der Waals surface area contributed by atoms with Crippen LogP contribution in [0.2, 0.25) is 5.02 Å². The van der Waals surface area contributed by atoms with Crippen LogP contribution in [-0.2, 0) is 25.7 Å². The lowest BCUT2D eigenvalue weighted by Gasteiger charge is -2.71. The fourth-order valence-electron chi connectivity index (χ4n) is 13.9. The van der Waals surface area contributed by atoms with Gasteiger partial charge < -0.3 is 20.3 Å². The molecule has 52 heavy (non-hydrogen) atoms. The largest absolute Gasteiger partial charge is 0.481 e. The van der Waals surface area contributed by atoms with Gasteiger partial charge in [0.2, 0.25) is 0 Å². The average molecular weight is 736 g/mol. The first-order valence-corrected chi connectivity index (χ1v) is 20.4. The number of aliphatic hydroxyl groups is 1. The van der Waals surface area contributed by atoms with Crippen molar-refractivity contribution in [1.82, 2.24) is 5.32 Å². The summed E-state index contributed by atoms with van der Waals surface area (Å²) < 4.78 is 6.20. The summed E-state index contributed by atoms with van der Waals surface area (Å²) in [6, 6.07) is 7.80. The van der Waals surface area contributed by atoms with E-state index in [2.05, 4.69) is 46.9 Å². The first-order valence-electron chi connectivity index (χ1n) is 20.1. The summed E-state index contributed by atoms with van der Waals surface area (Å²) in [5.41, 5.74) is 1.84. The van der Waals surface area contributed by atoms with Crippen LogP contribution in [0.5, 0.6) is 0 Å². The topological polar surface area (TPSA) is 113 Å². The minimum absolute atomic E-state index is 0.00487. The monoisotopic (exact) mass is 735 g/mol. The third kappa shape index (κ3) is 5.20. The van der Waals surface area contributed by atoms with Gasteiger partial charge in [-0.05, 0) is 134 Å². The molecule has 1 unspecified atom stereocenters. The molecule has 0 bridgehead atoms. The first kappa shape index (κ1) is 38.1. The van der Waals surface area contributed by atoms with E-state index in [-0.39, 0.29) is 57.2 Å². The van der Waals surface area contributed by atoms with E-state index in [1.807, 2.05) is 24.3 Å². The van der Waals surface area contributed by atoms with Crippen LogP contribution < -0.4 is 5.32 Å². The second-order valence-electron chi connectivity index (χ2n) is 20.0. The maximum Gasteiger partial charge on any atom is 0.309 e. The van der Waals surface area contributed by atoms with Crippen LogP contribution in [-0.4, -0.2) is 46.7 Å². The van der Waals surface area contributed by atoms with E-state index in [0.29, 0.717) is 30.5 Å². The highest BCUT2D eigenvalue weighted by Gasteiger charge is 2.82. The summed E-state index contributed by atoms with van der Waals surface area (Å²) in [5, 5.41) is 26.0. The van der Waals surface area contributed by atoms with Crippen molar-refractivity contribution in [3.63, 3.8) is 0 Å². The fourth-order valence-corrected chi connectivity index (χ4v) is 14.1. The maximum absolute atomic E-state index is 14.0. The number of aliphatic hydroxyl groups excluding tert-OH is 1. The Kier molecular flexibility index (Phi) is 9.08. The number of carbonyl (C=O) groups is 3. The van der Waals surface area contributed by atoms with E-state index >= 15 is 0 Å². The number of carbonyl (C=O) groups excluding carboxylic acids is 2. The van der Waals surface area contributed by atoms with Gasteiger partial charge in [-0.15, -0.1) is 0 Å². The summed E-state index contributed by atoms with van der Waals surface area (Å²) in [6.07, 6.45) is 8.49. The Balaban J connectivity index is 1.15. The Hall–Kier alpha value is -2.22. The van der Waals surface area contributed by atoms with Crippen molar-refractivity contribution in [3.05, 3.63) is 46.0 Å². The van der Waals surface area contributed by atoms with Gasteiger partial charge in [-0.2, -0.15) is 0 Å². The Morgan fingerprint density at radius 2 is 1.69 bits per heavy atom. The number of hydrogen-bond acceptors (Lipinski definition) is 6. The summed E-state index contributed by atoms with van der Waals surface area (Å²) in [7, 11) is 0. The highest BCUT2D eigenvalue weighted by molar-refractivity contribution is 6.30. The van der Waals surface area contributed by atoms with Crippen molar-refractivity contribution < 1.29 is 29.3 Å². The zero-order valence-corrected chi connectivity index (χ0v) is 33.5. The van der Waals surface area contributed by atoms with Crippen LogP contribution in [0, 0.1) is 55.7 Å². The van der Waals surface area contributed by atoms with Crippen LogP contribution in [0.4, 0.5) is 0 Å². The molecule has 8 heteroatoms. The van der Waals surface area contributed by atoms with Gasteiger partial charge in [0.05, 0.1) is 17.9 Å². The molecular formula is C44H62ClNO6. The number of fused-ring (bicyclic) bond motifs is 6. The molecule has 6 aliphatic rings. The number of carboxylic acids is 1. The predicted octanol–water partition coefficient (Wildman–Crippen LogP) is 8.94. The lowest BCUT2D eigenvalue weighted by Crippen LogP contribution is -2.65. The molecular weight excluding hydrogens is 674 g/mol. The molecule has 5 saturated carbocycles. The highest BCUT2D eigenvalue weighted by Crippen LogP contribution is 2.87. The fraction of sp³-hybridized carbons (Fsp3) is 0.750. The number of nitrogens with one attached hydrogen (secondary N) is 1. The SMILES string of the molecule is CC(C)C1=C2[C@H]3CC[C@@H]4[C@@]5(C)CC[C@H](OC(=O)CC(C)(C)C(=O)O)C6(C)C[C@]65CC[C@@]4(C)[C@]3(C)CC[C@@]2([C@H](O)CNCc2cccc(Cl)c2)CC1=O. The van der Waals surface area contributed by atoms with Crippen LogP contribution in [0.1, 0.15) is 132 Å². The maximum atomic E-state index is 14.0. The van der Waals surface area contributed by atoms with Gasteiger partial charge in [0.1, 0.15) is 6.10 Å². The van der Waals surface area contributed by atoms with E-state index in [1.54, 1.807) is 13.8 Å². The number of benzene rings is 1. The van der Waals surface area contributed by atoms with Crippen molar-refractivity contribution in [1.29, 1.82) is 0 Å². The normalized spacial score (nSPS) is 41.4. The number of halogens is 1. The second kappa shape index (κ2) is 12.4. The van der Waals surface area contributed by atoms with Gasteiger partial charge in [-0.25, -0.2) is 0 Å². The summed E-state index contributed by atoms with van der Waals surface area (Å²) >= 11 is 6.24. The van der Waals surface area contributed by atoms with E-state index in [4.69, 9.17) is 16.3 Å². The minimum atomic E-state index is -1.15. The number of ether oxygens (including phenoxy) is 1. The summed E-state index contributed by atoms with van der Waals surface area (Å²) in [5.74, 6) is -0.265. The molecule has 0 aromatic heterocycles. The van der Waals surface area contributed by atoms with Gasteiger partial charge in [0, 0.05) is 35.4 Å². The van der Waals surface area contributed by atoms with Gasteiger partial charge in [0.25, 0.3) is 0 Å². The number of hydrogen-bond donors (Lipinski definition) is 3. The molecule has 6 aliphatic carbocycles. The molecule has 286 valence electrons. The molecule has 1 aromatic rings. The van der Waals surface area contributed by atoms with Crippen LogP contribution >= 0.6 is 11.6 Å². The van der Waals surface area contributed by atoms with E-state index in [0.717, 1.165) is 68.9 Å². The standard InChI is InChI=1S/C44H62ClNO6/c1-26(2)35-30(47)21-43(32(48)24-46-23-27-10-9-11-28(45)20-27)18-16-39(5)29(36(35)43)12-13-31-40(39,6)17-19-44-25-42(44,8)33(14-15-41(31,44)7)52-34(49)22-38(3,4)37(50)51/h9-11,20,26,29,31-33,46,48H,12-19,21-25H2,1-8H3,(H,50,51)/t29-,31+,32-,33+,39-,40-,41-,42?,43+,44+/m1/s1. The van der Waals surface area contributed by atoms with Gasteiger partial charge >= 0.3 is 11.9 Å². The second-order valence-corrected chi connectivity index (χ2v) is 20.4. The number of aliphatic carboxylic acids is 1. The van der Waals surface area contributed by atoms with E-state index in [9.17, 15) is 24.6 Å². The molecule has 5 fully saturated rings. The Morgan fingerprint density at radius 3 is 2.37 bits per heavy atom. The van der Waals surface area contributed by atoms with Crippen molar-refractivity contribution in [2.24, 2.45) is 55.7 Å². The van der Waals surface area contributed by atoms with Crippen molar-refractivity contribution in [2.45, 2.75) is 145 Å². The molecule has 10 atom stereocenters. The molecule has 0 radical (unpaired) electrons. The lowest BCUT2D eigenvalue weighted by molar-refractivity contribution is -0.220.